The number of para-hydroxylation sites is 1. The quantitative estimate of drug-likeness (QED) is 0.835. The van der Waals surface area contributed by atoms with Gasteiger partial charge in [-0.1, -0.05) is 34.1 Å². The lowest BCUT2D eigenvalue weighted by Gasteiger charge is -2.02. The van der Waals surface area contributed by atoms with Crippen molar-refractivity contribution in [1.29, 1.82) is 0 Å². The minimum Gasteiger partial charge on any atom is -0.322 e. The highest BCUT2D eigenvalue weighted by Gasteiger charge is 2.04. The van der Waals surface area contributed by atoms with E-state index in [2.05, 4.69) is 37.2 Å². The highest BCUT2D eigenvalue weighted by molar-refractivity contribution is 9.14. The number of hydrogen-bond donors (Lipinski definition) is 1. The molecule has 1 aromatic carbocycles. The molecule has 0 saturated carbocycles. The summed E-state index contributed by atoms with van der Waals surface area (Å²) in [5.74, 6) is -0.178. The Labute approximate surface area is 93.3 Å². The second kappa shape index (κ2) is 5.19. The molecular formula is C9H7Br2NO. The van der Waals surface area contributed by atoms with Crippen LogP contribution in [-0.4, -0.2) is 5.91 Å². The summed E-state index contributed by atoms with van der Waals surface area (Å²) >= 11 is 6.16. The van der Waals surface area contributed by atoms with Crippen LogP contribution >= 0.6 is 31.9 Å². The van der Waals surface area contributed by atoms with Crippen molar-refractivity contribution in [2.24, 2.45) is 0 Å². The predicted octanol–water partition coefficient (Wildman–Crippen LogP) is 3.26. The van der Waals surface area contributed by atoms with Crippen molar-refractivity contribution in [2.75, 3.05) is 5.32 Å². The summed E-state index contributed by atoms with van der Waals surface area (Å²) < 4.78 is 0.455. The van der Waals surface area contributed by atoms with E-state index < -0.39 is 0 Å². The van der Waals surface area contributed by atoms with Gasteiger partial charge in [0.15, 0.2) is 0 Å². The van der Waals surface area contributed by atoms with Gasteiger partial charge < -0.3 is 5.32 Å². The number of rotatable bonds is 2. The van der Waals surface area contributed by atoms with Crippen LogP contribution in [0, 0.1) is 0 Å². The Morgan fingerprint density at radius 3 is 2.46 bits per heavy atom. The van der Waals surface area contributed by atoms with Crippen LogP contribution in [0.1, 0.15) is 0 Å². The van der Waals surface area contributed by atoms with E-state index in [1.807, 2.05) is 30.3 Å². The van der Waals surface area contributed by atoms with E-state index in [9.17, 15) is 4.79 Å². The maximum absolute atomic E-state index is 11.3. The fourth-order valence-electron chi connectivity index (χ4n) is 0.762. The third-order valence-electron chi connectivity index (χ3n) is 1.34. The van der Waals surface area contributed by atoms with Crippen LogP contribution in [0.5, 0.6) is 0 Å². The normalized spacial score (nSPS) is 11.1. The molecule has 0 unspecified atom stereocenters. The van der Waals surface area contributed by atoms with E-state index in [0.717, 1.165) is 5.69 Å². The summed E-state index contributed by atoms with van der Waals surface area (Å²) in [6.07, 6.45) is 0. The summed E-state index contributed by atoms with van der Waals surface area (Å²) in [5.41, 5.74) is 0.777. The maximum Gasteiger partial charge on any atom is 0.263 e. The fraction of sp³-hybridized carbons (Fsp3) is 0. The van der Waals surface area contributed by atoms with Gasteiger partial charge in [-0.05, 0) is 28.1 Å². The monoisotopic (exact) mass is 303 g/mol. The van der Waals surface area contributed by atoms with Crippen molar-refractivity contribution in [3.63, 3.8) is 0 Å². The van der Waals surface area contributed by atoms with Gasteiger partial charge in [0, 0.05) is 10.7 Å². The van der Waals surface area contributed by atoms with Crippen molar-refractivity contribution in [3.05, 3.63) is 39.8 Å². The molecule has 0 atom stereocenters. The number of carbonyl (C=O) groups is 1. The van der Waals surface area contributed by atoms with E-state index in [-0.39, 0.29) is 5.91 Å². The van der Waals surface area contributed by atoms with E-state index in [1.165, 1.54) is 4.99 Å². The summed E-state index contributed by atoms with van der Waals surface area (Å²) in [5, 5.41) is 2.71. The second-order valence-corrected chi connectivity index (χ2v) is 3.59. The molecule has 0 heterocycles. The van der Waals surface area contributed by atoms with Gasteiger partial charge in [-0.3, -0.25) is 4.79 Å². The summed E-state index contributed by atoms with van der Waals surface area (Å²) in [6, 6.07) is 9.27. The summed E-state index contributed by atoms with van der Waals surface area (Å²) in [6.45, 7) is 0. The highest BCUT2D eigenvalue weighted by Crippen LogP contribution is 2.12. The molecule has 1 aromatic rings. The molecular weight excluding hydrogens is 298 g/mol. The minimum atomic E-state index is -0.178. The molecule has 0 bridgehead atoms. The van der Waals surface area contributed by atoms with Gasteiger partial charge in [-0.15, -0.1) is 0 Å². The lowest BCUT2D eigenvalue weighted by molar-refractivity contribution is -0.112. The molecule has 0 aliphatic rings. The smallest absolute Gasteiger partial charge is 0.263 e. The lowest BCUT2D eigenvalue weighted by Crippen LogP contribution is -2.10. The Balaban J connectivity index is 2.66. The van der Waals surface area contributed by atoms with Crippen molar-refractivity contribution in [1.82, 2.24) is 0 Å². The molecule has 0 fully saturated rings. The molecule has 68 valence electrons. The number of amides is 1. The van der Waals surface area contributed by atoms with Crippen LogP contribution in [0.2, 0.25) is 0 Å². The highest BCUT2D eigenvalue weighted by atomic mass is 79.9. The zero-order chi connectivity index (χ0) is 9.68. The van der Waals surface area contributed by atoms with Crippen molar-refractivity contribution in [3.8, 4) is 0 Å². The number of carbonyl (C=O) groups excluding carboxylic acids is 1. The molecule has 1 rings (SSSR count). The number of halogens is 2. The van der Waals surface area contributed by atoms with Crippen LogP contribution in [-0.2, 0) is 4.79 Å². The van der Waals surface area contributed by atoms with Crippen LogP contribution in [0.4, 0.5) is 5.69 Å². The van der Waals surface area contributed by atoms with Gasteiger partial charge in [0.1, 0.15) is 0 Å². The number of anilines is 1. The third kappa shape index (κ3) is 3.32. The van der Waals surface area contributed by atoms with E-state index in [1.54, 1.807) is 0 Å². The first kappa shape index (κ1) is 10.5. The van der Waals surface area contributed by atoms with Crippen molar-refractivity contribution >= 4 is 43.5 Å². The van der Waals surface area contributed by atoms with Gasteiger partial charge in [0.05, 0.1) is 4.48 Å². The van der Waals surface area contributed by atoms with E-state index >= 15 is 0 Å². The number of nitrogens with one attached hydrogen (secondary N) is 1. The molecule has 1 amide bonds. The summed E-state index contributed by atoms with van der Waals surface area (Å²) in [4.78, 5) is 12.8. The Kier molecular flexibility index (Phi) is 4.18. The molecule has 13 heavy (non-hydrogen) atoms. The van der Waals surface area contributed by atoms with Crippen LogP contribution in [0.25, 0.3) is 0 Å². The van der Waals surface area contributed by atoms with Crippen molar-refractivity contribution < 1.29 is 4.79 Å². The first-order valence-electron chi connectivity index (χ1n) is 3.56. The average Bonchev–Trinajstić information content (AvgIpc) is 2.18. The van der Waals surface area contributed by atoms with Crippen LogP contribution < -0.4 is 5.32 Å². The molecule has 0 radical (unpaired) electrons. The third-order valence-corrected chi connectivity index (χ3v) is 3.01. The maximum atomic E-state index is 11.3. The Bertz CT molecular complexity index is 322. The van der Waals surface area contributed by atoms with E-state index in [4.69, 9.17) is 0 Å². The Hall–Kier alpha value is -0.610. The zero-order valence-electron chi connectivity index (χ0n) is 6.63. The lowest BCUT2D eigenvalue weighted by atomic mass is 10.3. The van der Waals surface area contributed by atoms with Gasteiger partial charge in [0.25, 0.3) is 5.91 Å². The topological polar surface area (TPSA) is 29.1 Å². The average molecular weight is 305 g/mol. The molecule has 0 aromatic heterocycles. The molecule has 0 saturated heterocycles. The van der Waals surface area contributed by atoms with Gasteiger partial charge in [0.2, 0.25) is 0 Å². The summed E-state index contributed by atoms with van der Waals surface area (Å²) in [7, 11) is 0. The molecule has 2 nitrogen and oxygen atoms in total. The van der Waals surface area contributed by atoms with Crippen LogP contribution in [0.3, 0.4) is 0 Å². The van der Waals surface area contributed by atoms with Gasteiger partial charge in [-0.25, -0.2) is 0 Å². The standard InChI is InChI=1S/C9H7Br2NO/c10-6-8(11)9(13)12-7-4-2-1-3-5-7/h1-6H,(H,12,13)/b8-6-. The zero-order valence-corrected chi connectivity index (χ0v) is 9.80. The molecule has 1 N–H and O–H groups in total. The first-order valence-corrected chi connectivity index (χ1v) is 5.27. The first-order chi connectivity index (χ1) is 6.24. The SMILES string of the molecule is O=C(Nc1ccccc1)/C(Br)=C/Br. The molecule has 0 spiro atoms. The Morgan fingerprint density at radius 1 is 1.31 bits per heavy atom. The van der Waals surface area contributed by atoms with E-state index in [0.29, 0.717) is 4.48 Å². The molecule has 0 aliphatic carbocycles. The largest absolute Gasteiger partial charge is 0.322 e. The van der Waals surface area contributed by atoms with Crippen molar-refractivity contribution in [2.45, 2.75) is 0 Å². The van der Waals surface area contributed by atoms with Crippen LogP contribution in [0.15, 0.2) is 39.8 Å². The fourth-order valence-corrected chi connectivity index (χ4v) is 1.07. The minimum absolute atomic E-state index is 0.178. The van der Waals surface area contributed by atoms with Gasteiger partial charge in [-0.2, -0.15) is 0 Å². The van der Waals surface area contributed by atoms with Gasteiger partial charge >= 0.3 is 0 Å². The Morgan fingerprint density at radius 2 is 1.92 bits per heavy atom. The predicted molar refractivity (Wildman–Crippen MR) is 61.0 cm³/mol. The number of hydrogen-bond acceptors (Lipinski definition) is 1. The molecule has 0 aliphatic heterocycles. The number of benzene rings is 1. The second-order valence-electron chi connectivity index (χ2n) is 2.28. The molecule has 4 heteroatoms.